The fourth-order valence-electron chi connectivity index (χ4n) is 5.29. The van der Waals surface area contributed by atoms with Crippen molar-refractivity contribution in [1.29, 1.82) is 0 Å². The Morgan fingerprint density at radius 1 is 0.333 bits per heavy atom. The molecule has 0 spiro atoms. The molecule has 1 aromatic heterocycles. The molecule has 1 heterocycles. The van der Waals surface area contributed by atoms with Crippen LogP contribution in [0, 0.1) is 0 Å². The first kappa shape index (κ1) is 25.6. The van der Waals surface area contributed by atoms with Crippen LogP contribution in [-0.2, 0) is 0 Å². The second-order valence-corrected chi connectivity index (χ2v) is 10.4. The normalized spacial score (nSPS) is 12.6. The summed E-state index contributed by atoms with van der Waals surface area (Å²) in [5, 5.41) is 0. The van der Waals surface area contributed by atoms with E-state index in [9.17, 15) is 0 Å². The lowest BCUT2D eigenvalue weighted by molar-refractivity contribution is 1.04. The van der Waals surface area contributed by atoms with Gasteiger partial charge in [0.05, 0.1) is 0 Å². The zero-order valence-electron chi connectivity index (χ0n) is 23.2. The van der Waals surface area contributed by atoms with Crippen LogP contribution in [0.15, 0.2) is 152 Å². The molecular weight excluding hydrogens is 510 g/mol. The van der Waals surface area contributed by atoms with Crippen LogP contribution in [0.1, 0.15) is 18.4 Å². The maximum Gasteiger partial charge on any atom is 0.164 e. The van der Waals surface area contributed by atoms with Crippen LogP contribution in [-0.4, -0.2) is 15.0 Å². The van der Waals surface area contributed by atoms with Crippen molar-refractivity contribution in [2.45, 2.75) is 12.8 Å². The number of hydrogen-bond donors (Lipinski definition) is 0. The number of rotatable bonds is 6. The van der Waals surface area contributed by atoms with Crippen LogP contribution in [0.3, 0.4) is 0 Å². The number of aromatic nitrogens is 3. The Hall–Kier alpha value is -5.41. The van der Waals surface area contributed by atoms with Crippen molar-refractivity contribution in [3.8, 4) is 56.4 Å². The van der Waals surface area contributed by atoms with Gasteiger partial charge in [0, 0.05) is 16.7 Å². The van der Waals surface area contributed by atoms with E-state index in [2.05, 4.69) is 140 Å². The van der Waals surface area contributed by atoms with Gasteiger partial charge in [0.2, 0.25) is 0 Å². The predicted molar refractivity (Wildman–Crippen MR) is 173 cm³/mol. The molecule has 7 rings (SSSR count). The maximum atomic E-state index is 4.96. The molecule has 42 heavy (non-hydrogen) atoms. The van der Waals surface area contributed by atoms with Crippen molar-refractivity contribution in [3.05, 3.63) is 157 Å². The molecule has 1 aliphatic carbocycles. The van der Waals surface area contributed by atoms with Gasteiger partial charge in [0.15, 0.2) is 17.5 Å². The van der Waals surface area contributed by atoms with Gasteiger partial charge < -0.3 is 0 Å². The fourth-order valence-corrected chi connectivity index (χ4v) is 5.29. The molecule has 0 atom stereocenters. The molecule has 0 amide bonds. The fraction of sp³-hybridized carbons (Fsp3) is 0.0513. The first-order valence-corrected chi connectivity index (χ1v) is 14.4. The average Bonchev–Trinajstić information content (AvgIpc) is 3.09. The van der Waals surface area contributed by atoms with E-state index in [0.717, 1.165) is 40.7 Å². The van der Waals surface area contributed by atoms with E-state index in [1.807, 2.05) is 12.1 Å². The van der Waals surface area contributed by atoms with Gasteiger partial charge in [0.25, 0.3) is 0 Å². The van der Waals surface area contributed by atoms with Crippen molar-refractivity contribution < 1.29 is 0 Å². The Balaban J connectivity index is 1.28. The van der Waals surface area contributed by atoms with Gasteiger partial charge in [-0.3, -0.25) is 0 Å². The Kier molecular flexibility index (Phi) is 7.06. The molecule has 3 heteroatoms. The third-order valence-electron chi connectivity index (χ3n) is 7.61. The molecular formula is C39H29N3. The molecule has 6 aromatic rings. The van der Waals surface area contributed by atoms with E-state index in [-0.39, 0.29) is 0 Å². The third-order valence-corrected chi connectivity index (χ3v) is 7.61. The summed E-state index contributed by atoms with van der Waals surface area (Å²) in [6.07, 6.45) is 8.93. The largest absolute Gasteiger partial charge is 0.208 e. The molecule has 5 aromatic carbocycles. The van der Waals surface area contributed by atoms with Crippen LogP contribution in [0.25, 0.3) is 62.0 Å². The minimum atomic E-state index is 0.656. The molecule has 0 fully saturated rings. The molecule has 0 N–H and O–H groups in total. The van der Waals surface area contributed by atoms with E-state index in [0.29, 0.717) is 17.5 Å². The lowest BCUT2D eigenvalue weighted by atomic mass is 9.98. The first-order valence-electron chi connectivity index (χ1n) is 14.4. The lowest BCUT2D eigenvalue weighted by Gasteiger charge is -2.11. The van der Waals surface area contributed by atoms with Crippen LogP contribution >= 0.6 is 0 Å². The topological polar surface area (TPSA) is 38.7 Å². The summed E-state index contributed by atoms with van der Waals surface area (Å²) in [4.78, 5) is 14.9. The van der Waals surface area contributed by atoms with Gasteiger partial charge in [-0.15, -0.1) is 0 Å². The van der Waals surface area contributed by atoms with E-state index in [1.165, 1.54) is 22.3 Å². The molecule has 3 nitrogen and oxygen atoms in total. The van der Waals surface area contributed by atoms with Gasteiger partial charge in [-0.2, -0.15) is 0 Å². The highest BCUT2D eigenvalue weighted by Crippen LogP contribution is 2.30. The molecule has 1 aliphatic rings. The van der Waals surface area contributed by atoms with Crippen molar-refractivity contribution in [2.75, 3.05) is 0 Å². The summed E-state index contributed by atoms with van der Waals surface area (Å²) in [6, 6.07) is 46.2. The van der Waals surface area contributed by atoms with Crippen LogP contribution in [0.2, 0.25) is 0 Å². The Morgan fingerprint density at radius 2 is 0.690 bits per heavy atom. The zero-order valence-corrected chi connectivity index (χ0v) is 23.2. The van der Waals surface area contributed by atoms with Crippen LogP contribution < -0.4 is 0 Å². The summed E-state index contributed by atoms with van der Waals surface area (Å²) in [7, 11) is 0. The lowest BCUT2D eigenvalue weighted by Crippen LogP contribution is -2.00. The minimum absolute atomic E-state index is 0.656. The summed E-state index contributed by atoms with van der Waals surface area (Å²) < 4.78 is 0. The van der Waals surface area contributed by atoms with E-state index >= 15 is 0 Å². The van der Waals surface area contributed by atoms with Crippen molar-refractivity contribution >= 4 is 5.57 Å². The smallest absolute Gasteiger partial charge is 0.164 e. The van der Waals surface area contributed by atoms with E-state index in [4.69, 9.17) is 15.0 Å². The summed E-state index contributed by atoms with van der Waals surface area (Å²) >= 11 is 0. The highest BCUT2D eigenvalue weighted by molar-refractivity contribution is 5.77. The molecule has 200 valence electrons. The van der Waals surface area contributed by atoms with Crippen LogP contribution in [0.4, 0.5) is 0 Å². The Morgan fingerprint density at radius 3 is 1.07 bits per heavy atom. The monoisotopic (exact) mass is 539 g/mol. The molecule has 0 unspecified atom stereocenters. The van der Waals surface area contributed by atoms with E-state index < -0.39 is 0 Å². The molecule has 0 bridgehead atoms. The molecule has 0 aliphatic heterocycles. The Labute approximate surface area is 246 Å². The second kappa shape index (κ2) is 11.6. The van der Waals surface area contributed by atoms with Gasteiger partial charge >= 0.3 is 0 Å². The number of allylic oxidation sites excluding steroid dienone is 4. The van der Waals surface area contributed by atoms with Gasteiger partial charge in [-0.1, -0.05) is 152 Å². The Bertz CT molecular complexity index is 1770. The van der Waals surface area contributed by atoms with Gasteiger partial charge in [0.1, 0.15) is 0 Å². The highest BCUT2D eigenvalue weighted by Gasteiger charge is 2.13. The minimum Gasteiger partial charge on any atom is -0.208 e. The van der Waals surface area contributed by atoms with Gasteiger partial charge in [-0.25, -0.2) is 15.0 Å². The molecule has 0 radical (unpaired) electrons. The predicted octanol–water partition coefficient (Wildman–Crippen LogP) is 9.94. The third kappa shape index (κ3) is 5.45. The average molecular weight is 540 g/mol. The SMILES string of the molecule is C1=CC(c2ccc(-c3nc(-c4ccc(-c5ccccc5)cc4)nc(-c4ccc(-c5ccccc5)cc4)n3)cc2)=CCC1. The number of nitrogens with zero attached hydrogens (tertiary/aromatic N) is 3. The van der Waals surface area contributed by atoms with Crippen molar-refractivity contribution in [1.82, 2.24) is 15.0 Å². The number of hydrogen-bond acceptors (Lipinski definition) is 3. The van der Waals surface area contributed by atoms with Crippen molar-refractivity contribution in [3.63, 3.8) is 0 Å². The van der Waals surface area contributed by atoms with Crippen LogP contribution in [0.5, 0.6) is 0 Å². The highest BCUT2D eigenvalue weighted by atomic mass is 15.0. The first-order chi connectivity index (χ1) is 20.8. The summed E-state index contributed by atoms with van der Waals surface area (Å²) in [5.74, 6) is 1.97. The van der Waals surface area contributed by atoms with Crippen molar-refractivity contribution in [2.24, 2.45) is 0 Å². The number of benzene rings is 5. The zero-order chi connectivity index (χ0) is 28.1. The molecule has 0 saturated carbocycles. The van der Waals surface area contributed by atoms with Gasteiger partial charge in [-0.05, 0) is 46.2 Å². The second-order valence-electron chi connectivity index (χ2n) is 10.4. The standard InChI is InChI=1S/C39H29N3/c1-4-10-28(11-5-1)31-16-22-34(23-17-31)37-40-38(35-24-18-32(19-25-35)29-12-6-2-7-13-29)42-39(41-37)36-26-20-33(21-27-36)30-14-8-3-9-15-30/h1-2,4-8,10-27H,3,9H2. The molecule has 0 saturated heterocycles. The summed E-state index contributed by atoms with van der Waals surface area (Å²) in [5.41, 5.74) is 10.0. The summed E-state index contributed by atoms with van der Waals surface area (Å²) in [6.45, 7) is 0. The quantitative estimate of drug-likeness (QED) is 0.211. The maximum absolute atomic E-state index is 4.96. The van der Waals surface area contributed by atoms with E-state index in [1.54, 1.807) is 0 Å².